The van der Waals surface area contributed by atoms with Gasteiger partial charge in [-0.05, 0) is 61.1 Å². The Kier molecular flexibility index (Phi) is 5.32. The molecule has 0 unspecified atom stereocenters. The van der Waals surface area contributed by atoms with Gasteiger partial charge in [0.2, 0.25) is 0 Å². The molecule has 1 aliphatic carbocycles. The van der Waals surface area contributed by atoms with Crippen LogP contribution in [0.25, 0.3) is 0 Å². The first kappa shape index (κ1) is 16.4. The van der Waals surface area contributed by atoms with Crippen molar-refractivity contribution in [1.82, 2.24) is 5.32 Å². The Morgan fingerprint density at radius 1 is 1.14 bits per heavy atom. The van der Waals surface area contributed by atoms with E-state index >= 15 is 0 Å². The van der Waals surface area contributed by atoms with Crippen molar-refractivity contribution < 1.29 is 5.11 Å². The maximum Gasteiger partial charge on any atom is 0.121 e. The molecular formula is C19H31NO. The predicted octanol–water partition coefficient (Wildman–Crippen LogP) is 4.71. The summed E-state index contributed by atoms with van der Waals surface area (Å²) in [5.74, 6) is 1.22. The van der Waals surface area contributed by atoms with Crippen molar-refractivity contribution in [3.63, 3.8) is 0 Å². The van der Waals surface area contributed by atoms with Gasteiger partial charge in [0, 0.05) is 13.1 Å². The Labute approximate surface area is 130 Å². The number of benzene rings is 1. The standard InChI is InChI=1S/C19H31NO/c1-14(2)11-19(7-5-6-8-19)13-20-12-17-9-15(3)18(21)16(4)10-17/h9-10,14,20-21H,5-8,11-13H2,1-4H3. The highest BCUT2D eigenvalue weighted by Crippen LogP contribution is 2.42. The van der Waals surface area contributed by atoms with Crippen molar-refractivity contribution in [2.45, 2.75) is 66.3 Å². The van der Waals surface area contributed by atoms with E-state index in [1.54, 1.807) is 0 Å². The molecule has 2 rings (SSSR count). The third-order valence-corrected chi connectivity index (χ3v) is 4.89. The molecule has 2 N–H and O–H groups in total. The van der Waals surface area contributed by atoms with Crippen LogP contribution >= 0.6 is 0 Å². The smallest absolute Gasteiger partial charge is 0.121 e. The zero-order valence-corrected chi connectivity index (χ0v) is 14.1. The summed E-state index contributed by atoms with van der Waals surface area (Å²) in [5, 5.41) is 13.5. The van der Waals surface area contributed by atoms with Crippen LogP contribution < -0.4 is 5.32 Å². The first-order valence-corrected chi connectivity index (χ1v) is 8.42. The van der Waals surface area contributed by atoms with Crippen LogP contribution in [-0.2, 0) is 6.54 Å². The third-order valence-electron chi connectivity index (χ3n) is 4.89. The van der Waals surface area contributed by atoms with E-state index in [9.17, 15) is 5.11 Å². The van der Waals surface area contributed by atoms with Crippen molar-refractivity contribution in [2.24, 2.45) is 11.3 Å². The lowest BCUT2D eigenvalue weighted by atomic mass is 9.78. The van der Waals surface area contributed by atoms with Crippen LogP contribution in [0.4, 0.5) is 0 Å². The Hall–Kier alpha value is -1.02. The van der Waals surface area contributed by atoms with Gasteiger partial charge >= 0.3 is 0 Å². The molecule has 21 heavy (non-hydrogen) atoms. The molecule has 0 spiro atoms. The summed E-state index contributed by atoms with van der Waals surface area (Å²) < 4.78 is 0. The fourth-order valence-corrected chi connectivity index (χ4v) is 4.06. The molecule has 0 heterocycles. The molecule has 1 aliphatic rings. The molecule has 0 aromatic heterocycles. The Morgan fingerprint density at radius 2 is 1.71 bits per heavy atom. The van der Waals surface area contributed by atoms with Gasteiger partial charge in [0.1, 0.15) is 5.75 Å². The molecule has 0 aliphatic heterocycles. The van der Waals surface area contributed by atoms with Crippen LogP contribution in [0, 0.1) is 25.2 Å². The van der Waals surface area contributed by atoms with Crippen molar-refractivity contribution in [2.75, 3.05) is 6.54 Å². The normalized spacial score (nSPS) is 17.6. The van der Waals surface area contributed by atoms with Gasteiger partial charge in [-0.15, -0.1) is 0 Å². The van der Waals surface area contributed by atoms with Crippen molar-refractivity contribution in [3.8, 4) is 5.75 Å². The summed E-state index contributed by atoms with van der Waals surface area (Å²) in [5.41, 5.74) is 3.75. The van der Waals surface area contributed by atoms with Gasteiger partial charge in [0.15, 0.2) is 0 Å². The number of hydrogen-bond donors (Lipinski definition) is 2. The van der Waals surface area contributed by atoms with Crippen LogP contribution in [0.15, 0.2) is 12.1 Å². The van der Waals surface area contributed by atoms with E-state index in [1.165, 1.54) is 37.7 Å². The summed E-state index contributed by atoms with van der Waals surface area (Å²) in [6, 6.07) is 4.19. The van der Waals surface area contributed by atoms with Crippen molar-refractivity contribution in [1.29, 1.82) is 0 Å². The summed E-state index contributed by atoms with van der Waals surface area (Å²) in [6.07, 6.45) is 6.89. The van der Waals surface area contributed by atoms with Gasteiger partial charge in [-0.1, -0.05) is 38.8 Å². The molecule has 1 fully saturated rings. The quantitative estimate of drug-likeness (QED) is 0.795. The summed E-state index contributed by atoms with van der Waals surface area (Å²) >= 11 is 0. The second-order valence-corrected chi connectivity index (χ2v) is 7.49. The number of nitrogens with one attached hydrogen (secondary N) is 1. The molecule has 0 radical (unpaired) electrons. The fourth-order valence-electron chi connectivity index (χ4n) is 4.06. The minimum atomic E-state index is 0.436. The topological polar surface area (TPSA) is 32.3 Å². The minimum absolute atomic E-state index is 0.436. The second kappa shape index (κ2) is 6.83. The molecule has 0 bridgehead atoms. The fraction of sp³-hybridized carbons (Fsp3) is 0.684. The lowest BCUT2D eigenvalue weighted by Gasteiger charge is -2.31. The van der Waals surface area contributed by atoms with Crippen LogP contribution in [0.3, 0.4) is 0 Å². The number of hydrogen-bond acceptors (Lipinski definition) is 2. The monoisotopic (exact) mass is 289 g/mol. The number of aryl methyl sites for hydroxylation is 2. The highest BCUT2D eigenvalue weighted by Gasteiger charge is 2.33. The number of phenols is 1. The van der Waals surface area contributed by atoms with Gasteiger partial charge in [0.25, 0.3) is 0 Å². The molecule has 0 saturated heterocycles. The van der Waals surface area contributed by atoms with E-state index in [4.69, 9.17) is 0 Å². The first-order chi connectivity index (χ1) is 9.92. The Bertz CT molecular complexity index is 449. The van der Waals surface area contributed by atoms with Gasteiger partial charge in [0.05, 0.1) is 0 Å². The molecule has 0 amide bonds. The minimum Gasteiger partial charge on any atom is -0.507 e. The van der Waals surface area contributed by atoms with Crippen LogP contribution in [0.1, 0.15) is 62.6 Å². The molecule has 1 aromatic carbocycles. The predicted molar refractivity (Wildman–Crippen MR) is 89.6 cm³/mol. The van der Waals surface area contributed by atoms with Crippen LogP contribution in [0.2, 0.25) is 0 Å². The molecular weight excluding hydrogens is 258 g/mol. The van der Waals surface area contributed by atoms with E-state index in [0.717, 1.165) is 30.1 Å². The van der Waals surface area contributed by atoms with E-state index in [0.29, 0.717) is 11.2 Å². The van der Waals surface area contributed by atoms with E-state index in [2.05, 4.69) is 31.3 Å². The molecule has 2 nitrogen and oxygen atoms in total. The third kappa shape index (κ3) is 4.23. The second-order valence-electron chi connectivity index (χ2n) is 7.49. The molecule has 118 valence electrons. The average molecular weight is 289 g/mol. The van der Waals surface area contributed by atoms with Crippen LogP contribution in [-0.4, -0.2) is 11.7 Å². The summed E-state index contributed by atoms with van der Waals surface area (Å²) in [7, 11) is 0. The zero-order chi connectivity index (χ0) is 15.5. The van der Waals surface area contributed by atoms with Gasteiger partial charge in [-0.3, -0.25) is 0 Å². The van der Waals surface area contributed by atoms with Gasteiger partial charge < -0.3 is 10.4 Å². The number of rotatable bonds is 6. The average Bonchev–Trinajstić information content (AvgIpc) is 2.83. The first-order valence-electron chi connectivity index (χ1n) is 8.42. The maximum absolute atomic E-state index is 9.85. The van der Waals surface area contributed by atoms with E-state index < -0.39 is 0 Å². The van der Waals surface area contributed by atoms with Crippen LogP contribution in [0.5, 0.6) is 5.75 Å². The van der Waals surface area contributed by atoms with Gasteiger partial charge in [-0.25, -0.2) is 0 Å². The highest BCUT2D eigenvalue weighted by atomic mass is 16.3. The van der Waals surface area contributed by atoms with E-state index in [1.807, 2.05) is 13.8 Å². The maximum atomic E-state index is 9.85. The van der Waals surface area contributed by atoms with E-state index in [-0.39, 0.29) is 0 Å². The molecule has 1 aromatic rings. The summed E-state index contributed by atoms with van der Waals surface area (Å²) in [4.78, 5) is 0. The van der Waals surface area contributed by atoms with Crippen molar-refractivity contribution in [3.05, 3.63) is 28.8 Å². The zero-order valence-electron chi connectivity index (χ0n) is 14.1. The molecule has 2 heteroatoms. The molecule has 0 atom stereocenters. The molecule has 1 saturated carbocycles. The Balaban J connectivity index is 1.93. The summed E-state index contributed by atoms with van der Waals surface area (Å²) in [6.45, 7) is 10.7. The lowest BCUT2D eigenvalue weighted by molar-refractivity contribution is 0.223. The number of aromatic hydroxyl groups is 1. The highest BCUT2D eigenvalue weighted by molar-refractivity contribution is 5.42. The van der Waals surface area contributed by atoms with Crippen molar-refractivity contribution >= 4 is 0 Å². The lowest BCUT2D eigenvalue weighted by Crippen LogP contribution is -2.33. The number of phenolic OH excluding ortho intramolecular Hbond substituents is 1. The SMILES string of the molecule is Cc1cc(CNCC2(CC(C)C)CCCC2)cc(C)c1O. The van der Waals surface area contributed by atoms with Gasteiger partial charge in [-0.2, -0.15) is 0 Å². The largest absolute Gasteiger partial charge is 0.507 e. The Morgan fingerprint density at radius 3 is 2.24 bits per heavy atom.